The highest BCUT2D eigenvalue weighted by Crippen LogP contribution is 2.39. The SMILES string of the molecule is CSc1sc(C(=N)N)cc1-c1csc(Nc2cnc3ccccc3c2)n1. The van der Waals surface area contributed by atoms with Gasteiger partial charge in [-0.1, -0.05) is 18.2 Å². The largest absolute Gasteiger partial charge is 0.383 e. The predicted molar refractivity (Wildman–Crippen MR) is 113 cm³/mol. The van der Waals surface area contributed by atoms with E-state index in [-0.39, 0.29) is 5.84 Å². The van der Waals surface area contributed by atoms with Crippen LogP contribution in [0.25, 0.3) is 22.2 Å². The molecule has 0 amide bonds. The van der Waals surface area contributed by atoms with Gasteiger partial charge in [-0.2, -0.15) is 0 Å². The summed E-state index contributed by atoms with van der Waals surface area (Å²) in [5, 5.41) is 14.9. The second-order valence-corrected chi connectivity index (χ2v) is 8.49. The van der Waals surface area contributed by atoms with Crippen LogP contribution in [0.5, 0.6) is 0 Å². The first-order valence-electron chi connectivity index (χ1n) is 7.74. The van der Waals surface area contributed by atoms with Crippen molar-refractivity contribution in [3.8, 4) is 11.3 Å². The maximum Gasteiger partial charge on any atom is 0.187 e. The first kappa shape index (κ1) is 17.0. The molecule has 0 spiro atoms. The maximum absolute atomic E-state index is 7.64. The molecule has 4 rings (SSSR count). The molecule has 0 unspecified atom stereocenters. The van der Waals surface area contributed by atoms with E-state index in [9.17, 15) is 0 Å². The van der Waals surface area contributed by atoms with Gasteiger partial charge in [-0.05, 0) is 24.5 Å². The van der Waals surface area contributed by atoms with Crippen LogP contribution in [0, 0.1) is 5.41 Å². The molecule has 0 saturated carbocycles. The number of nitrogens with zero attached hydrogens (tertiary/aromatic N) is 2. The van der Waals surface area contributed by atoms with Crippen LogP contribution in [0.2, 0.25) is 0 Å². The standard InChI is InChI=1S/C18H15N5S3/c1-24-17-12(7-15(26-17)16(19)20)14-9-25-18(23-14)22-11-6-10-4-2-3-5-13(10)21-8-11/h2-9H,1H3,(H3,19,20)(H,22,23). The van der Waals surface area contributed by atoms with Crippen molar-refractivity contribution in [1.29, 1.82) is 5.41 Å². The molecule has 0 radical (unpaired) electrons. The third-order valence-electron chi connectivity index (χ3n) is 3.77. The molecular weight excluding hydrogens is 382 g/mol. The lowest BCUT2D eigenvalue weighted by Gasteiger charge is -2.03. The number of benzene rings is 1. The van der Waals surface area contributed by atoms with Crippen molar-refractivity contribution in [2.45, 2.75) is 4.21 Å². The second-order valence-electron chi connectivity index (χ2n) is 5.51. The summed E-state index contributed by atoms with van der Waals surface area (Å²) >= 11 is 4.71. The van der Waals surface area contributed by atoms with E-state index in [1.54, 1.807) is 23.1 Å². The topological polar surface area (TPSA) is 87.7 Å². The number of amidine groups is 1. The molecule has 0 saturated heterocycles. The highest BCUT2D eigenvalue weighted by Gasteiger charge is 2.15. The van der Waals surface area contributed by atoms with Crippen LogP contribution in [0.3, 0.4) is 0 Å². The van der Waals surface area contributed by atoms with Crippen LogP contribution in [0.4, 0.5) is 10.8 Å². The van der Waals surface area contributed by atoms with Gasteiger partial charge in [0.05, 0.1) is 32.2 Å². The molecule has 0 aliphatic heterocycles. The number of anilines is 2. The number of aromatic nitrogens is 2. The van der Waals surface area contributed by atoms with Crippen molar-refractivity contribution in [3.05, 3.63) is 52.9 Å². The van der Waals surface area contributed by atoms with Crippen molar-refractivity contribution < 1.29 is 0 Å². The number of nitrogens with one attached hydrogen (secondary N) is 2. The summed E-state index contributed by atoms with van der Waals surface area (Å²) in [6.45, 7) is 0. The number of pyridine rings is 1. The number of thiophene rings is 1. The van der Waals surface area contributed by atoms with Crippen LogP contribution >= 0.6 is 34.4 Å². The van der Waals surface area contributed by atoms with Gasteiger partial charge in [0.2, 0.25) is 0 Å². The Labute approximate surface area is 162 Å². The van der Waals surface area contributed by atoms with Crippen molar-refractivity contribution >= 4 is 62.0 Å². The molecule has 0 fully saturated rings. The molecule has 130 valence electrons. The number of nitrogens with two attached hydrogens (primary N) is 1. The van der Waals surface area contributed by atoms with Crippen LogP contribution < -0.4 is 11.1 Å². The van der Waals surface area contributed by atoms with Crippen molar-refractivity contribution in [1.82, 2.24) is 9.97 Å². The predicted octanol–water partition coefficient (Wildman–Crippen LogP) is 5.17. The number of nitrogen functional groups attached to an aromatic ring is 1. The minimum Gasteiger partial charge on any atom is -0.383 e. The van der Waals surface area contributed by atoms with E-state index < -0.39 is 0 Å². The van der Waals surface area contributed by atoms with Gasteiger partial charge in [-0.15, -0.1) is 34.4 Å². The van der Waals surface area contributed by atoms with Crippen molar-refractivity contribution in [2.24, 2.45) is 5.73 Å². The number of thioether (sulfide) groups is 1. The first-order valence-corrected chi connectivity index (χ1v) is 10.7. The molecule has 3 aromatic heterocycles. The maximum atomic E-state index is 7.64. The van der Waals surface area contributed by atoms with E-state index in [0.29, 0.717) is 0 Å². The fraction of sp³-hybridized carbons (Fsp3) is 0.0556. The van der Waals surface area contributed by atoms with Gasteiger partial charge in [0.1, 0.15) is 5.84 Å². The van der Waals surface area contributed by atoms with E-state index in [2.05, 4.69) is 16.4 Å². The van der Waals surface area contributed by atoms with Gasteiger partial charge in [0.15, 0.2) is 5.13 Å². The Hall–Kier alpha value is -2.42. The fourth-order valence-corrected chi connectivity index (χ4v) is 5.03. The van der Waals surface area contributed by atoms with Crippen LogP contribution in [0.15, 0.2) is 52.2 Å². The summed E-state index contributed by atoms with van der Waals surface area (Å²) in [4.78, 5) is 9.94. The molecule has 1 aromatic carbocycles. The Morgan fingerprint density at radius 3 is 2.92 bits per heavy atom. The third kappa shape index (κ3) is 3.31. The number of para-hydroxylation sites is 1. The lowest BCUT2D eigenvalue weighted by atomic mass is 10.2. The molecule has 8 heteroatoms. The summed E-state index contributed by atoms with van der Waals surface area (Å²) in [5.74, 6) is 0.0902. The van der Waals surface area contributed by atoms with Gasteiger partial charge < -0.3 is 11.1 Å². The lowest BCUT2D eigenvalue weighted by Crippen LogP contribution is -2.08. The average Bonchev–Trinajstić information content (AvgIpc) is 3.28. The molecular formula is C18H15N5S3. The highest BCUT2D eigenvalue weighted by atomic mass is 32.2. The van der Waals surface area contributed by atoms with Gasteiger partial charge in [-0.3, -0.25) is 10.4 Å². The molecule has 4 aromatic rings. The zero-order chi connectivity index (χ0) is 18.1. The molecule has 0 aliphatic rings. The molecule has 26 heavy (non-hydrogen) atoms. The van der Waals surface area contributed by atoms with Gasteiger partial charge >= 0.3 is 0 Å². The molecule has 0 aliphatic carbocycles. The Bertz CT molecular complexity index is 1100. The Balaban J connectivity index is 1.62. The van der Waals surface area contributed by atoms with E-state index in [1.807, 2.05) is 48.2 Å². The zero-order valence-electron chi connectivity index (χ0n) is 13.8. The smallest absolute Gasteiger partial charge is 0.187 e. The van der Waals surface area contributed by atoms with Crippen molar-refractivity contribution in [3.63, 3.8) is 0 Å². The van der Waals surface area contributed by atoms with Gasteiger partial charge in [0, 0.05) is 16.3 Å². The quantitative estimate of drug-likeness (QED) is 0.246. The Morgan fingerprint density at radius 1 is 1.27 bits per heavy atom. The van der Waals surface area contributed by atoms with Crippen LogP contribution in [0.1, 0.15) is 4.88 Å². The average molecular weight is 398 g/mol. The summed E-state index contributed by atoms with van der Waals surface area (Å²) in [6, 6.07) is 12.0. The summed E-state index contributed by atoms with van der Waals surface area (Å²) < 4.78 is 1.11. The monoisotopic (exact) mass is 397 g/mol. The number of thiazole rings is 1. The van der Waals surface area contributed by atoms with E-state index >= 15 is 0 Å². The fourth-order valence-electron chi connectivity index (χ4n) is 2.55. The molecule has 3 heterocycles. The van der Waals surface area contributed by atoms with E-state index in [4.69, 9.17) is 16.1 Å². The van der Waals surface area contributed by atoms with Crippen LogP contribution in [-0.4, -0.2) is 22.1 Å². The Morgan fingerprint density at radius 2 is 2.12 bits per heavy atom. The molecule has 4 N–H and O–H groups in total. The molecule has 0 atom stereocenters. The van der Waals surface area contributed by atoms with Gasteiger partial charge in [-0.25, -0.2) is 4.98 Å². The molecule has 0 bridgehead atoms. The van der Waals surface area contributed by atoms with E-state index in [1.165, 1.54) is 11.3 Å². The number of fused-ring (bicyclic) bond motifs is 1. The van der Waals surface area contributed by atoms with Gasteiger partial charge in [0.25, 0.3) is 0 Å². The normalized spacial score (nSPS) is 11.0. The minimum atomic E-state index is 0.0902. The zero-order valence-corrected chi connectivity index (χ0v) is 16.3. The van der Waals surface area contributed by atoms with Crippen LogP contribution in [-0.2, 0) is 0 Å². The second kappa shape index (κ2) is 7.06. The molecule has 5 nitrogen and oxygen atoms in total. The minimum absolute atomic E-state index is 0.0902. The number of hydrogen-bond acceptors (Lipinski definition) is 7. The lowest BCUT2D eigenvalue weighted by molar-refractivity contribution is 1.35. The first-order chi connectivity index (χ1) is 12.6. The number of rotatable bonds is 5. The summed E-state index contributed by atoms with van der Waals surface area (Å²) in [5.41, 5.74) is 9.42. The van der Waals surface area contributed by atoms with Crippen molar-refractivity contribution in [2.75, 3.05) is 11.6 Å². The highest BCUT2D eigenvalue weighted by molar-refractivity contribution is 8.00. The summed E-state index contributed by atoms with van der Waals surface area (Å²) in [6.07, 6.45) is 3.83. The Kier molecular flexibility index (Phi) is 4.62. The van der Waals surface area contributed by atoms with E-state index in [0.717, 1.165) is 42.1 Å². The third-order valence-corrected chi connectivity index (χ3v) is 6.83. The summed E-state index contributed by atoms with van der Waals surface area (Å²) in [7, 11) is 0. The number of hydrogen-bond donors (Lipinski definition) is 3.